The molecular formula is C12H25NO2. The summed E-state index contributed by atoms with van der Waals surface area (Å²) < 4.78 is 5.23. The fourth-order valence-corrected chi connectivity index (χ4v) is 1.29. The first-order valence-corrected chi connectivity index (χ1v) is 5.79. The van der Waals surface area contributed by atoms with E-state index in [4.69, 9.17) is 4.74 Å². The third-order valence-electron chi connectivity index (χ3n) is 2.01. The van der Waals surface area contributed by atoms with Crippen molar-refractivity contribution in [2.75, 3.05) is 6.54 Å². The average Bonchev–Trinajstić information content (AvgIpc) is 2.01. The molecule has 1 atom stereocenters. The molecule has 0 aromatic carbocycles. The number of esters is 1. The van der Waals surface area contributed by atoms with Crippen molar-refractivity contribution in [3.8, 4) is 0 Å². The number of hydrogen-bond donors (Lipinski definition) is 1. The van der Waals surface area contributed by atoms with Crippen molar-refractivity contribution >= 4 is 5.97 Å². The summed E-state index contributed by atoms with van der Waals surface area (Å²) in [5, 5.41) is 3.26. The van der Waals surface area contributed by atoms with Crippen LogP contribution < -0.4 is 5.32 Å². The zero-order valence-electron chi connectivity index (χ0n) is 10.7. The van der Waals surface area contributed by atoms with E-state index in [0.717, 1.165) is 12.8 Å². The molecule has 3 heteroatoms. The Kier molecular flexibility index (Phi) is 6.57. The van der Waals surface area contributed by atoms with E-state index in [1.165, 1.54) is 0 Å². The fraction of sp³-hybridized carbons (Fsp3) is 0.917. The minimum atomic E-state index is -0.104. The van der Waals surface area contributed by atoms with Crippen LogP contribution in [0.1, 0.15) is 53.9 Å². The van der Waals surface area contributed by atoms with Crippen LogP contribution in [0.25, 0.3) is 0 Å². The van der Waals surface area contributed by atoms with E-state index in [1.807, 2.05) is 6.92 Å². The van der Waals surface area contributed by atoms with Crippen LogP contribution in [-0.4, -0.2) is 24.2 Å². The number of hydrogen-bond acceptors (Lipinski definition) is 3. The first kappa shape index (κ1) is 14.4. The number of carbonyl (C=O) groups excluding carboxylic acids is 1. The van der Waals surface area contributed by atoms with Gasteiger partial charge in [0.1, 0.15) is 0 Å². The van der Waals surface area contributed by atoms with Crippen molar-refractivity contribution in [3.05, 3.63) is 0 Å². The van der Waals surface area contributed by atoms with Crippen molar-refractivity contribution in [3.63, 3.8) is 0 Å². The van der Waals surface area contributed by atoms with E-state index in [1.54, 1.807) is 0 Å². The summed E-state index contributed by atoms with van der Waals surface area (Å²) in [6.45, 7) is 11.0. The van der Waals surface area contributed by atoms with Crippen LogP contribution in [0.2, 0.25) is 0 Å². The highest BCUT2D eigenvalue weighted by atomic mass is 16.5. The molecule has 0 aromatic rings. The molecule has 0 saturated carbocycles. The second-order valence-corrected chi connectivity index (χ2v) is 5.02. The quantitative estimate of drug-likeness (QED) is 0.692. The highest BCUT2D eigenvalue weighted by Crippen LogP contribution is 2.03. The number of nitrogens with one attached hydrogen (secondary N) is 1. The average molecular weight is 215 g/mol. The number of ether oxygens (including phenoxy) is 1. The standard InChI is InChI=1S/C12H25NO2/c1-6-7-10(2)15-11(14)8-9-13-12(3,4)5/h10,13H,6-9H2,1-5H3. The molecule has 0 amide bonds. The summed E-state index contributed by atoms with van der Waals surface area (Å²) in [6, 6.07) is 0. The van der Waals surface area contributed by atoms with Gasteiger partial charge in [-0.15, -0.1) is 0 Å². The summed E-state index contributed by atoms with van der Waals surface area (Å²) >= 11 is 0. The Labute approximate surface area is 93.6 Å². The molecule has 0 saturated heterocycles. The van der Waals surface area contributed by atoms with Crippen LogP contribution in [0.4, 0.5) is 0 Å². The molecule has 0 heterocycles. The highest BCUT2D eigenvalue weighted by molar-refractivity contribution is 5.69. The Morgan fingerprint density at radius 1 is 1.40 bits per heavy atom. The molecule has 15 heavy (non-hydrogen) atoms. The molecule has 90 valence electrons. The smallest absolute Gasteiger partial charge is 0.307 e. The Balaban J connectivity index is 3.58. The Morgan fingerprint density at radius 3 is 2.47 bits per heavy atom. The molecule has 1 N–H and O–H groups in total. The molecule has 0 aromatic heterocycles. The van der Waals surface area contributed by atoms with Crippen LogP contribution >= 0.6 is 0 Å². The molecule has 0 rings (SSSR count). The highest BCUT2D eigenvalue weighted by Gasteiger charge is 2.11. The molecule has 0 bridgehead atoms. The SMILES string of the molecule is CCCC(C)OC(=O)CCNC(C)(C)C. The summed E-state index contributed by atoms with van der Waals surface area (Å²) in [7, 11) is 0. The monoisotopic (exact) mass is 215 g/mol. The largest absolute Gasteiger partial charge is 0.463 e. The predicted octanol–water partition coefficient (Wildman–Crippen LogP) is 2.50. The fourth-order valence-electron chi connectivity index (χ4n) is 1.29. The molecule has 0 aliphatic rings. The lowest BCUT2D eigenvalue weighted by atomic mass is 10.1. The summed E-state index contributed by atoms with van der Waals surface area (Å²) in [4.78, 5) is 11.4. The van der Waals surface area contributed by atoms with E-state index >= 15 is 0 Å². The second kappa shape index (κ2) is 6.83. The summed E-state index contributed by atoms with van der Waals surface area (Å²) in [6.07, 6.45) is 2.50. The lowest BCUT2D eigenvalue weighted by Gasteiger charge is -2.20. The van der Waals surface area contributed by atoms with Crippen molar-refractivity contribution < 1.29 is 9.53 Å². The molecular weight excluding hydrogens is 190 g/mol. The maximum absolute atomic E-state index is 11.4. The zero-order valence-corrected chi connectivity index (χ0v) is 10.7. The predicted molar refractivity (Wildman–Crippen MR) is 62.8 cm³/mol. The maximum Gasteiger partial charge on any atom is 0.307 e. The maximum atomic E-state index is 11.4. The molecule has 0 aliphatic carbocycles. The molecule has 0 aliphatic heterocycles. The van der Waals surface area contributed by atoms with Gasteiger partial charge in [0.05, 0.1) is 12.5 Å². The van der Waals surface area contributed by atoms with E-state index in [-0.39, 0.29) is 17.6 Å². The van der Waals surface area contributed by atoms with Gasteiger partial charge < -0.3 is 10.1 Å². The number of carbonyl (C=O) groups is 1. The van der Waals surface area contributed by atoms with Crippen LogP contribution in [0.5, 0.6) is 0 Å². The summed E-state index contributed by atoms with van der Waals surface area (Å²) in [5.41, 5.74) is 0.0648. The van der Waals surface area contributed by atoms with Crippen LogP contribution in [-0.2, 0) is 9.53 Å². The van der Waals surface area contributed by atoms with Gasteiger partial charge in [0.25, 0.3) is 0 Å². The van der Waals surface area contributed by atoms with Gasteiger partial charge in [0.2, 0.25) is 0 Å². The van der Waals surface area contributed by atoms with Gasteiger partial charge in [-0.2, -0.15) is 0 Å². The molecule has 0 radical (unpaired) electrons. The van der Waals surface area contributed by atoms with Gasteiger partial charge in [-0.25, -0.2) is 0 Å². The van der Waals surface area contributed by atoms with Gasteiger partial charge in [-0.1, -0.05) is 13.3 Å². The Hall–Kier alpha value is -0.570. The van der Waals surface area contributed by atoms with E-state index in [2.05, 4.69) is 33.0 Å². The normalized spacial score (nSPS) is 13.7. The minimum absolute atomic E-state index is 0.0529. The van der Waals surface area contributed by atoms with Gasteiger partial charge in [-0.3, -0.25) is 4.79 Å². The van der Waals surface area contributed by atoms with Gasteiger partial charge in [-0.05, 0) is 34.1 Å². The topological polar surface area (TPSA) is 38.3 Å². The molecule has 1 unspecified atom stereocenters. The first-order valence-electron chi connectivity index (χ1n) is 5.79. The van der Waals surface area contributed by atoms with E-state index < -0.39 is 0 Å². The lowest BCUT2D eigenvalue weighted by molar-refractivity contribution is -0.148. The third kappa shape index (κ3) is 9.73. The van der Waals surface area contributed by atoms with Crippen LogP contribution in [0.15, 0.2) is 0 Å². The molecule has 3 nitrogen and oxygen atoms in total. The summed E-state index contributed by atoms with van der Waals surface area (Å²) in [5.74, 6) is -0.104. The zero-order chi connectivity index (χ0) is 11.9. The molecule has 0 spiro atoms. The van der Waals surface area contributed by atoms with Gasteiger partial charge >= 0.3 is 5.97 Å². The third-order valence-corrected chi connectivity index (χ3v) is 2.01. The van der Waals surface area contributed by atoms with E-state index in [0.29, 0.717) is 13.0 Å². The first-order chi connectivity index (χ1) is 6.85. The number of rotatable bonds is 6. The van der Waals surface area contributed by atoms with Crippen molar-refractivity contribution in [2.45, 2.75) is 65.5 Å². The Morgan fingerprint density at radius 2 is 2.00 bits per heavy atom. The lowest BCUT2D eigenvalue weighted by Crippen LogP contribution is -2.37. The molecule has 0 fully saturated rings. The minimum Gasteiger partial charge on any atom is -0.463 e. The van der Waals surface area contributed by atoms with Crippen LogP contribution in [0.3, 0.4) is 0 Å². The second-order valence-electron chi connectivity index (χ2n) is 5.02. The van der Waals surface area contributed by atoms with Crippen LogP contribution in [0, 0.1) is 0 Å². The van der Waals surface area contributed by atoms with Crippen molar-refractivity contribution in [2.24, 2.45) is 0 Å². The van der Waals surface area contributed by atoms with Gasteiger partial charge in [0, 0.05) is 12.1 Å². The van der Waals surface area contributed by atoms with Crippen molar-refractivity contribution in [1.82, 2.24) is 5.32 Å². The van der Waals surface area contributed by atoms with Gasteiger partial charge in [0.15, 0.2) is 0 Å². The van der Waals surface area contributed by atoms with Crippen molar-refractivity contribution in [1.29, 1.82) is 0 Å². The Bertz CT molecular complexity index is 185. The van der Waals surface area contributed by atoms with E-state index in [9.17, 15) is 4.79 Å².